The lowest BCUT2D eigenvalue weighted by molar-refractivity contribution is -0.140. The zero-order valence-electron chi connectivity index (χ0n) is 12.2. The molecular formula is C13H25N3O3. The minimum absolute atomic E-state index is 0.0854. The molecule has 6 heteroatoms. The van der Waals surface area contributed by atoms with Gasteiger partial charge in [-0.15, -0.1) is 0 Å². The van der Waals surface area contributed by atoms with E-state index in [0.717, 1.165) is 0 Å². The minimum atomic E-state index is -0.632. The van der Waals surface area contributed by atoms with Crippen molar-refractivity contribution >= 4 is 11.8 Å². The summed E-state index contributed by atoms with van der Waals surface area (Å²) in [7, 11) is 0. The third-order valence-electron chi connectivity index (χ3n) is 3.27. The minimum Gasteiger partial charge on any atom is -0.378 e. The van der Waals surface area contributed by atoms with Crippen molar-refractivity contribution in [1.82, 2.24) is 10.2 Å². The molecule has 1 aliphatic rings. The van der Waals surface area contributed by atoms with Gasteiger partial charge < -0.3 is 20.7 Å². The lowest BCUT2D eigenvalue weighted by Gasteiger charge is -2.31. The molecule has 0 aliphatic carbocycles. The molecule has 2 amide bonds. The van der Waals surface area contributed by atoms with Crippen molar-refractivity contribution in [2.75, 3.05) is 26.3 Å². The lowest BCUT2D eigenvalue weighted by atomic mass is 9.87. The Balaban J connectivity index is 2.51. The summed E-state index contributed by atoms with van der Waals surface area (Å²) in [5, 5.41) is 2.69. The first-order chi connectivity index (χ1) is 8.73. The van der Waals surface area contributed by atoms with Gasteiger partial charge in [-0.05, 0) is 12.3 Å². The highest BCUT2D eigenvalue weighted by Crippen LogP contribution is 2.17. The van der Waals surface area contributed by atoms with Crippen LogP contribution >= 0.6 is 0 Å². The van der Waals surface area contributed by atoms with Crippen LogP contribution in [-0.2, 0) is 14.3 Å². The largest absolute Gasteiger partial charge is 0.378 e. The maximum Gasteiger partial charge on any atom is 0.245 e. The second kappa shape index (κ2) is 6.34. The summed E-state index contributed by atoms with van der Waals surface area (Å²) in [6, 6.07) is -1.19. The second-order valence-corrected chi connectivity index (χ2v) is 6.01. The second-order valence-electron chi connectivity index (χ2n) is 6.01. The number of nitrogens with zero attached hydrogens (tertiary/aromatic N) is 1. The van der Waals surface area contributed by atoms with Gasteiger partial charge in [0.15, 0.2) is 0 Å². The third-order valence-corrected chi connectivity index (χ3v) is 3.27. The molecule has 1 aliphatic heterocycles. The molecule has 2 unspecified atom stereocenters. The molecule has 0 saturated carbocycles. The molecule has 0 aromatic carbocycles. The maximum atomic E-state index is 12.1. The summed E-state index contributed by atoms with van der Waals surface area (Å²) in [6.07, 6.45) is 0. The molecule has 2 atom stereocenters. The molecule has 110 valence electrons. The molecule has 0 spiro atoms. The maximum absolute atomic E-state index is 12.1. The molecule has 6 nitrogen and oxygen atoms in total. The first-order valence-electron chi connectivity index (χ1n) is 6.66. The topological polar surface area (TPSA) is 84.7 Å². The number of morpholine rings is 1. The van der Waals surface area contributed by atoms with Gasteiger partial charge in [0.1, 0.15) is 6.04 Å². The van der Waals surface area contributed by atoms with Gasteiger partial charge in [-0.2, -0.15) is 0 Å². The average Bonchev–Trinajstić information content (AvgIpc) is 2.36. The van der Waals surface area contributed by atoms with E-state index in [-0.39, 0.29) is 17.2 Å². The van der Waals surface area contributed by atoms with Crippen LogP contribution in [-0.4, -0.2) is 55.1 Å². The number of hydrogen-bond acceptors (Lipinski definition) is 4. The van der Waals surface area contributed by atoms with Gasteiger partial charge in [0.05, 0.1) is 19.3 Å². The van der Waals surface area contributed by atoms with Crippen molar-refractivity contribution in [3.63, 3.8) is 0 Å². The van der Waals surface area contributed by atoms with Crippen molar-refractivity contribution in [2.45, 2.75) is 39.8 Å². The predicted molar refractivity (Wildman–Crippen MR) is 72.4 cm³/mol. The van der Waals surface area contributed by atoms with Crippen molar-refractivity contribution in [3.05, 3.63) is 0 Å². The number of carbonyl (C=O) groups is 2. The lowest BCUT2D eigenvalue weighted by Crippen LogP contribution is -2.55. The van der Waals surface area contributed by atoms with Crippen molar-refractivity contribution in [2.24, 2.45) is 11.1 Å². The van der Waals surface area contributed by atoms with E-state index < -0.39 is 12.1 Å². The number of nitrogens with one attached hydrogen (secondary N) is 1. The van der Waals surface area contributed by atoms with E-state index in [4.69, 9.17) is 10.5 Å². The Kier molecular flexibility index (Phi) is 5.31. The van der Waals surface area contributed by atoms with Gasteiger partial charge in [0.2, 0.25) is 11.8 Å². The fourth-order valence-corrected chi connectivity index (χ4v) is 1.82. The van der Waals surface area contributed by atoms with Gasteiger partial charge in [-0.1, -0.05) is 20.8 Å². The van der Waals surface area contributed by atoms with Gasteiger partial charge in [-0.3, -0.25) is 9.59 Å². The van der Waals surface area contributed by atoms with Crippen LogP contribution in [0.25, 0.3) is 0 Å². The normalized spacial score (nSPS) is 19.7. The molecule has 1 rings (SSSR count). The Hall–Kier alpha value is -1.14. The Morgan fingerprint density at radius 2 is 1.79 bits per heavy atom. The quantitative estimate of drug-likeness (QED) is 0.739. The number of amides is 2. The molecular weight excluding hydrogens is 246 g/mol. The number of hydrogen-bond donors (Lipinski definition) is 2. The number of nitrogens with two attached hydrogens (primary N) is 1. The molecule has 0 bridgehead atoms. The van der Waals surface area contributed by atoms with Crippen molar-refractivity contribution < 1.29 is 14.3 Å². The van der Waals surface area contributed by atoms with E-state index in [0.29, 0.717) is 26.3 Å². The molecule has 0 aromatic rings. The van der Waals surface area contributed by atoms with Crippen LogP contribution in [0.1, 0.15) is 27.7 Å². The Morgan fingerprint density at radius 3 is 2.26 bits per heavy atom. The predicted octanol–water partition coefficient (Wildman–Crippen LogP) is -0.277. The highest BCUT2D eigenvalue weighted by molar-refractivity contribution is 5.89. The van der Waals surface area contributed by atoms with E-state index >= 15 is 0 Å². The molecule has 1 saturated heterocycles. The zero-order valence-corrected chi connectivity index (χ0v) is 12.2. The monoisotopic (exact) mass is 271 g/mol. The van der Waals surface area contributed by atoms with Crippen LogP contribution in [0.2, 0.25) is 0 Å². The smallest absolute Gasteiger partial charge is 0.245 e. The molecule has 1 heterocycles. The van der Waals surface area contributed by atoms with Crippen molar-refractivity contribution in [3.8, 4) is 0 Å². The number of ether oxygens (including phenoxy) is 1. The number of rotatable bonds is 3. The summed E-state index contributed by atoms with van der Waals surface area (Å²) >= 11 is 0. The summed E-state index contributed by atoms with van der Waals surface area (Å²) < 4.78 is 5.19. The van der Waals surface area contributed by atoms with E-state index in [1.54, 1.807) is 11.8 Å². The highest BCUT2D eigenvalue weighted by Gasteiger charge is 2.30. The van der Waals surface area contributed by atoms with Gasteiger partial charge >= 0.3 is 0 Å². The van der Waals surface area contributed by atoms with Crippen LogP contribution in [0.3, 0.4) is 0 Å². The summed E-state index contributed by atoms with van der Waals surface area (Å²) in [6.45, 7) is 9.62. The molecule has 0 aromatic heterocycles. The molecule has 19 heavy (non-hydrogen) atoms. The van der Waals surface area contributed by atoms with Gasteiger partial charge in [0.25, 0.3) is 0 Å². The van der Waals surface area contributed by atoms with E-state index in [9.17, 15) is 9.59 Å². The summed E-state index contributed by atoms with van der Waals surface area (Å²) in [4.78, 5) is 25.8. The van der Waals surface area contributed by atoms with Gasteiger partial charge in [0, 0.05) is 13.1 Å². The van der Waals surface area contributed by atoms with Crippen LogP contribution in [0.15, 0.2) is 0 Å². The van der Waals surface area contributed by atoms with E-state index in [2.05, 4.69) is 5.32 Å². The molecule has 3 N–H and O–H groups in total. The average molecular weight is 271 g/mol. The summed E-state index contributed by atoms with van der Waals surface area (Å²) in [5.41, 5.74) is 5.54. The van der Waals surface area contributed by atoms with E-state index in [1.807, 2.05) is 20.8 Å². The van der Waals surface area contributed by atoms with Crippen LogP contribution in [0, 0.1) is 5.41 Å². The first kappa shape index (κ1) is 15.9. The highest BCUT2D eigenvalue weighted by atomic mass is 16.5. The van der Waals surface area contributed by atoms with Crippen LogP contribution in [0.4, 0.5) is 0 Å². The first-order valence-corrected chi connectivity index (χ1v) is 6.66. The van der Waals surface area contributed by atoms with E-state index in [1.165, 1.54) is 0 Å². The zero-order chi connectivity index (χ0) is 14.6. The Labute approximate surface area is 114 Å². The van der Waals surface area contributed by atoms with Crippen molar-refractivity contribution in [1.29, 1.82) is 0 Å². The molecule has 0 radical (unpaired) electrons. The van der Waals surface area contributed by atoms with Gasteiger partial charge in [-0.25, -0.2) is 0 Å². The Bertz CT molecular complexity index is 333. The third kappa shape index (κ3) is 4.47. The van der Waals surface area contributed by atoms with Crippen LogP contribution in [0.5, 0.6) is 0 Å². The van der Waals surface area contributed by atoms with Crippen LogP contribution < -0.4 is 11.1 Å². The number of carbonyl (C=O) groups excluding carboxylic acids is 2. The molecule has 1 fully saturated rings. The standard InChI is InChI=1S/C13H25N3O3/c1-9(12(18)16-5-7-19-8-6-16)15-11(17)10(14)13(2,3)4/h9-10H,5-8,14H2,1-4H3,(H,15,17). The Morgan fingerprint density at radius 1 is 1.26 bits per heavy atom. The fraction of sp³-hybridized carbons (Fsp3) is 0.846. The fourth-order valence-electron chi connectivity index (χ4n) is 1.82. The summed E-state index contributed by atoms with van der Waals surface area (Å²) in [5.74, 6) is -0.376. The SMILES string of the molecule is CC(NC(=O)C(N)C(C)(C)C)C(=O)N1CCOCC1.